The maximum atomic E-state index is 12.6. The second-order valence-electron chi connectivity index (χ2n) is 5.67. The average Bonchev–Trinajstić information content (AvgIpc) is 3.36. The summed E-state index contributed by atoms with van der Waals surface area (Å²) in [5.74, 6) is 0.244. The van der Waals surface area contributed by atoms with Crippen LogP contribution in [0, 0.1) is 5.92 Å². The van der Waals surface area contributed by atoms with Crippen molar-refractivity contribution in [3.63, 3.8) is 0 Å². The van der Waals surface area contributed by atoms with Crippen LogP contribution in [0.15, 0.2) is 23.1 Å². The van der Waals surface area contributed by atoms with Gasteiger partial charge in [0.25, 0.3) is 0 Å². The van der Waals surface area contributed by atoms with Gasteiger partial charge in [-0.05, 0) is 37.8 Å². The summed E-state index contributed by atoms with van der Waals surface area (Å²) in [6.45, 7) is 1.73. The van der Waals surface area contributed by atoms with E-state index >= 15 is 0 Å². The number of methoxy groups -OCH3 is 1. The van der Waals surface area contributed by atoms with Crippen molar-refractivity contribution >= 4 is 25.7 Å². The molecular formula is C14H23N3O5S2. The Morgan fingerprint density at radius 3 is 2.46 bits per heavy atom. The molecule has 4 N–H and O–H groups in total. The van der Waals surface area contributed by atoms with Crippen LogP contribution in [0.2, 0.25) is 0 Å². The normalized spacial score (nSPS) is 16.6. The lowest BCUT2D eigenvalue weighted by atomic mass is 10.2. The Balaban J connectivity index is 2.29. The molecule has 24 heavy (non-hydrogen) atoms. The fourth-order valence-corrected chi connectivity index (χ4v) is 4.40. The molecule has 0 heterocycles. The largest absolute Gasteiger partial charge is 0.495 e. The molecule has 8 nitrogen and oxygen atoms in total. The van der Waals surface area contributed by atoms with Gasteiger partial charge in [-0.15, -0.1) is 0 Å². The van der Waals surface area contributed by atoms with Crippen molar-refractivity contribution < 1.29 is 21.6 Å². The van der Waals surface area contributed by atoms with Gasteiger partial charge < -0.3 is 10.5 Å². The molecule has 0 radical (unpaired) electrons. The van der Waals surface area contributed by atoms with Crippen LogP contribution in [0.3, 0.4) is 0 Å². The number of nitrogens with one attached hydrogen (secondary N) is 2. The Bertz CT molecular complexity index is 789. The number of nitrogens with two attached hydrogens (primary N) is 1. The third kappa shape index (κ3) is 4.59. The molecule has 1 aliphatic rings. The summed E-state index contributed by atoms with van der Waals surface area (Å²) in [5.41, 5.74) is 5.88. The Hall–Kier alpha value is -1.36. The Morgan fingerprint density at radius 2 is 1.96 bits per heavy atom. The van der Waals surface area contributed by atoms with Gasteiger partial charge in [0.05, 0.1) is 18.6 Å². The Kier molecular flexibility index (Phi) is 5.74. The number of sulfonamides is 2. The highest BCUT2D eigenvalue weighted by atomic mass is 32.2. The highest BCUT2D eigenvalue weighted by Crippen LogP contribution is 2.34. The van der Waals surface area contributed by atoms with E-state index in [0.29, 0.717) is 0 Å². The highest BCUT2D eigenvalue weighted by molar-refractivity contribution is 7.92. The molecule has 1 fully saturated rings. The number of anilines is 1. The van der Waals surface area contributed by atoms with Crippen molar-refractivity contribution in [3.05, 3.63) is 18.2 Å². The van der Waals surface area contributed by atoms with Crippen LogP contribution in [0.1, 0.15) is 19.8 Å². The standard InChI is InChI=1S/C14H23N3O5S2/c1-3-23(18,19)16-11-6-7-14(13(8-11)22-2)24(20,21)17-12(9-15)10-4-5-10/h6-8,10,12,16-17H,3-5,9,15H2,1-2H3. The Labute approximate surface area is 142 Å². The van der Waals surface area contributed by atoms with Gasteiger partial charge >= 0.3 is 0 Å². The smallest absolute Gasteiger partial charge is 0.244 e. The number of ether oxygens (including phenoxy) is 1. The maximum absolute atomic E-state index is 12.6. The van der Waals surface area contributed by atoms with E-state index in [0.717, 1.165) is 12.8 Å². The van der Waals surface area contributed by atoms with Crippen LogP contribution >= 0.6 is 0 Å². The molecule has 0 aliphatic heterocycles. The molecule has 2 rings (SSSR count). The van der Waals surface area contributed by atoms with E-state index in [1.807, 2.05) is 0 Å². The minimum absolute atomic E-state index is 0.0523. The van der Waals surface area contributed by atoms with Gasteiger partial charge in [-0.1, -0.05) is 0 Å². The molecule has 0 amide bonds. The molecular weight excluding hydrogens is 354 g/mol. The second-order valence-corrected chi connectivity index (χ2v) is 9.37. The average molecular weight is 377 g/mol. The topological polar surface area (TPSA) is 128 Å². The van der Waals surface area contributed by atoms with Crippen LogP contribution in [-0.4, -0.2) is 42.3 Å². The van der Waals surface area contributed by atoms with Crippen LogP contribution in [0.25, 0.3) is 0 Å². The molecule has 136 valence electrons. The summed E-state index contributed by atoms with van der Waals surface area (Å²) in [5, 5.41) is 0. The van der Waals surface area contributed by atoms with Gasteiger partial charge in [0, 0.05) is 18.7 Å². The maximum Gasteiger partial charge on any atom is 0.244 e. The minimum atomic E-state index is -3.82. The molecule has 1 unspecified atom stereocenters. The van der Waals surface area contributed by atoms with Gasteiger partial charge in [0.1, 0.15) is 10.6 Å². The summed E-state index contributed by atoms with van der Waals surface area (Å²) < 4.78 is 58.5. The lowest BCUT2D eigenvalue weighted by Crippen LogP contribution is -2.41. The molecule has 1 aromatic rings. The van der Waals surface area contributed by atoms with E-state index in [2.05, 4.69) is 9.44 Å². The van der Waals surface area contributed by atoms with Gasteiger partial charge in [-0.3, -0.25) is 4.72 Å². The number of benzene rings is 1. The van der Waals surface area contributed by atoms with Crippen molar-refractivity contribution in [2.45, 2.75) is 30.7 Å². The summed E-state index contributed by atoms with van der Waals surface area (Å²) in [6, 6.07) is 3.74. The molecule has 0 spiro atoms. The van der Waals surface area contributed by atoms with E-state index in [9.17, 15) is 16.8 Å². The molecule has 10 heteroatoms. The third-order valence-corrected chi connectivity index (χ3v) is 6.69. The SMILES string of the molecule is CCS(=O)(=O)Nc1ccc(S(=O)(=O)NC(CN)C2CC2)c(OC)c1. The summed E-state index contributed by atoms with van der Waals surface area (Å²) in [7, 11) is -5.95. The molecule has 1 saturated carbocycles. The molecule has 1 aromatic carbocycles. The van der Waals surface area contributed by atoms with Crippen molar-refractivity contribution in [3.8, 4) is 5.75 Å². The number of rotatable bonds is 9. The zero-order valence-corrected chi connectivity index (χ0v) is 15.3. The molecule has 0 saturated heterocycles. The monoisotopic (exact) mass is 377 g/mol. The Morgan fingerprint density at radius 1 is 1.29 bits per heavy atom. The first-order valence-electron chi connectivity index (χ1n) is 7.63. The van der Waals surface area contributed by atoms with E-state index in [1.54, 1.807) is 0 Å². The molecule has 1 aliphatic carbocycles. The van der Waals surface area contributed by atoms with E-state index in [1.165, 1.54) is 32.2 Å². The summed E-state index contributed by atoms with van der Waals surface area (Å²) >= 11 is 0. The van der Waals surface area contributed by atoms with Crippen LogP contribution < -0.4 is 19.9 Å². The summed E-state index contributed by atoms with van der Waals surface area (Å²) in [4.78, 5) is -0.0523. The fraction of sp³-hybridized carbons (Fsp3) is 0.571. The zero-order chi connectivity index (χ0) is 18.0. The van der Waals surface area contributed by atoms with Gasteiger partial charge in [-0.25, -0.2) is 21.6 Å². The predicted octanol–water partition coefficient (Wildman–Crippen LogP) is 0.472. The van der Waals surface area contributed by atoms with Gasteiger partial charge in [-0.2, -0.15) is 0 Å². The first kappa shape index (κ1) is 19.0. The summed E-state index contributed by atoms with van der Waals surface area (Å²) in [6.07, 6.45) is 1.92. The van der Waals surface area contributed by atoms with E-state index < -0.39 is 20.0 Å². The molecule has 0 bridgehead atoms. The number of hydrogen-bond acceptors (Lipinski definition) is 6. The van der Waals surface area contributed by atoms with E-state index in [4.69, 9.17) is 10.5 Å². The van der Waals surface area contributed by atoms with E-state index in [-0.39, 0.29) is 40.6 Å². The predicted molar refractivity (Wildman–Crippen MR) is 92.0 cm³/mol. The third-order valence-electron chi connectivity index (χ3n) is 3.86. The first-order valence-corrected chi connectivity index (χ1v) is 10.8. The molecule has 1 atom stereocenters. The van der Waals surface area contributed by atoms with Crippen molar-refractivity contribution in [2.24, 2.45) is 11.7 Å². The quantitative estimate of drug-likeness (QED) is 0.574. The first-order chi connectivity index (χ1) is 11.2. The lowest BCUT2D eigenvalue weighted by molar-refractivity contribution is 0.402. The molecule has 0 aromatic heterocycles. The van der Waals surface area contributed by atoms with Crippen LogP contribution in [-0.2, 0) is 20.0 Å². The van der Waals surface area contributed by atoms with Crippen LogP contribution in [0.4, 0.5) is 5.69 Å². The number of hydrogen-bond donors (Lipinski definition) is 3. The van der Waals surface area contributed by atoms with Gasteiger partial charge in [0.15, 0.2) is 0 Å². The second kappa shape index (κ2) is 7.26. The fourth-order valence-electron chi connectivity index (χ4n) is 2.30. The van der Waals surface area contributed by atoms with Crippen molar-refractivity contribution in [1.82, 2.24) is 4.72 Å². The lowest BCUT2D eigenvalue weighted by Gasteiger charge is -2.18. The minimum Gasteiger partial charge on any atom is -0.495 e. The highest BCUT2D eigenvalue weighted by Gasteiger charge is 2.34. The van der Waals surface area contributed by atoms with Crippen molar-refractivity contribution in [1.29, 1.82) is 0 Å². The van der Waals surface area contributed by atoms with Crippen LogP contribution in [0.5, 0.6) is 5.75 Å². The van der Waals surface area contributed by atoms with Gasteiger partial charge in [0.2, 0.25) is 20.0 Å². The zero-order valence-electron chi connectivity index (χ0n) is 13.7. The van der Waals surface area contributed by atoms with Crippen molar-refractivity contribution in [2.75, 3.05) is 24.1 Å².